The lowest BCUT2D eigenvalue weighted by atomic mass is 10.1. The minimum Gasteiger partial charge on any atom is -0.382 e. The number of fused-ring (bicyclic) bond motifs is 1. The van der Waals surface area contributed by atoms with Crippen LogP contribution in [0.2, 0.25) is 0 Å². The van der Waals surface area contributed by atoms with Crippen molar-refractivity contribution < 1.29 is 9.47 Å². The van der Waals surface area contributed by atoms with E-state index in [1.165, 1.54) is 5.39 Å². The Kier molecular flexibility index (Phi) is 6.24. The van der Waals surface area contributed by atoms with E-state index < -0.39 is 0 Å². The van der Waals surface area contributed by atoms with Gasteiger partial charge in [0.25, 0.3) is 0 Å². The molecule has 0 saturated heterocycles. The lowest BCUT2D eigenvalue weighted by Gasteiger charge is -2.09. The average Bonchev–Trinajstić information content (AvgIpc) is 2.47. The maximum atomic E-state index is 5.43. The molecule has 1 N–H and O–H groups in total. The second-order valence-electron chi connectivity index (χ2n) is 4.38. The Labute approximate surface area is 127 Å². The Bertz CT molecular complexity index is 548. The number of rotatable bonds is 8. The second kappa shape index (κ2) is 8.19. The number of anilines is 1. The van der Waals surface area contributed by atoms with E-state index in [-0.39, 0.29) is 0 Å². The van der Waals surface area contributed by atoms with E-state index in [0.717, 1.165) is 35.2 Å². The van der Waals surface area contributed by atoms with Gasteiger partial charge < -0.3 is 14.8 Å². The smallest absolute Gasteiger partial charge is 0.133 e. The Morgan fingerprint density at radius 3 is 2.90 bits per heavy atom. The van der Waals surface area contributed by atoms with Gasteiger partial charge in [-0.25, -0.2) is 4.98 Å². The van der Waals surface area contributed by atoms with Crippen molar-refractivity contribution in [2.45, 2.75) is 6.42 Å². The molecule has 0 radical (unpaired) electrons. The molecular formula is C15H19BrN2O2. The van der Waals surface area contributed by atoms with Gasteiger partial charge in [0.15, 0.2) is 0 Å². The van der Waals surface area contributed by atoms with Gasteiger partial charge in [-0.2, -0.15) is 0 Å². The standard InChI is InChI=1S/C15H19BrN2O2/c1-19-10-11-20-9-3-7-17-15-13-4-2-5-14(16)12(13)6-8-18-15/h2,4-6,8H,3,7,9-11H2,1H3,(H,17,18). The molecule has 0 bridgehead atoms. The van der Waals surface area contributed by atoms with Crippen LogP contribution in [0.3, 0.4) is 0 Å². The summed E-state index contributed by atoms with van der Waals surface area (Å²) < 4.78 is 11.4. The van der Waals surface area contributed by atoms with Crippen molar-refractivity contribution in [3.05, 3.63) is 34.9 Å². The summed E-state index contributed by atoms with van der Waals surface area (Å²) in [6, 6.07) is 8.14. The predicted molar refractivity (Wildman–Crippen MR) is 85.2 cm³/mol. The first kappa shape index (κ1) is 15.2. The van der Waals surface area contributed by atoms with Gasteiger partial charge in [0.05, 0.1) is 13.2 Å². The summed E-state index contributed by atoms with van der Waals surface area (Å²) in [6.07, 6.45) is 2.76. The highest BCUT2D eigenvalue weighted by atomic mass is 79.9. The molecule has 0 aliphatic rings. The van der Waals surface area contributed by atoms with Gasteiger partial charge in [-0.3, -0.25) is 0 Å². The molecule has 4 nitrogen and oxygen atoms in total. The molecule has 0 spiro atoms. The Morgan fingerprint density at radius 1 is 1.15 bits per heavy atom. The van der Waals surface area contributed by atoms with E-state index in [1.54, 1.807) is 7.11 Å². The second-order valence-corrected chi connectivity index (χ2v) is 5.23. The molecule has 2 rings (SSSR count). The van der Waals surface area contributed by atoms with Gasteiger partial charge in [-0.1, -0.05) is 28.1 Å². The van der Waals surface area contributed by atoms with E-state index >= 15 is 0 Å². The molecular weight excluding hydrogens is 320 g/mol. The van der Waals surface area contributed by atoms with Crippen LogP contribution >= 0.6 is 15.9 Å². The molecule has 0 aliphatic carbocycles. The van der Waals surface area contributed by atoms with Crippen molar-refractivity contribution in [2.24, 2.45) is 0 Å². The van der Waals surface area contributed by atoms with Crippen LogP contribution in [0.25, 0.3) is 10.8 Å². The van der Waals surface area contributed by atoms with Crippen LogP contribution in [0.1, 0.15) is 6.42 Å². The molecule has 1 aromatic carbocycles. The number of nitrogens with zero attached hydrogens (tertiary/aromatic N) is 1. The average molecular weight is 339 g/mol. The third-order valence-electron chi connectivity index (χ3n) is 2.94. The van der Waals surface area contributed by atoms with Crippen LogP contribution in [-0.4, -0.2) is 38.5 Å². The van der Waals surface area contributed by atoms with Crippen molar-refractivity contribution in [3.8, 4) is 0 Å². The number of ether oxygens (including phenoxy) is 2. The summed E-state index contributed by atoms with van der Waals surface area (Å²) in [7, 11) is 1.68. The molecule has 5 heteroatoms. The summed E-state index contributed by atoms with van der Waals surface area (Å²) >= 11 is 3.56. The third-order valence-corrected chi connectivity index (χ3v) is 3.63. The summed E-state index contributed by atoms with van der Waals surface area (Å²) in [5, 5.41) is 5.66. The highest BCUT2D eigenvalue weighted by Crippen LogP contribution is 2.27. The van der Waals surface area contributed by atoms with Crippen LogP contribution in [0.4, 0.5) is 5.82 Å². The Morgan fingerprint density at radius 2 is 2.05 bits per heavy atom. The predicted octanol–water partition coefficient (Wildman–Crippen LogP) is 3.46. The highest BCUT2D eigenvalue weighted by molar-refractivity contribution is 9.10. The fourth-order valence-electron chi connectivity index (χ4n) is 1.94. The number of pyridine rings is 1. The summed E-state index contributed by atoms with van der Waals surface area (Å²) in [5.74, 6) is 0.917. The quantitative estimate of drug-likeness (QED) is 0.748. The summed E-state index contributed by atoms with van der Waals surface area (Å²) in [6.45, 7) is 2.86. The van der Waals surface area contributed by atoms with E-state index in [9.17, 15) is 0 Å². The van der Waals surface area contributed by atoms with Crippen molar-refractivity contribution >= 4 is 32.5 Å². The SMILES string of the molecule is COCCOCCCNc1nccc2c(Br)cccc12. The van der Waals surface area contributed by atoms with Gasteiger partial charge in [-0.05, 0) is 18.6 Å². The minimum absolute atomic E-state index is 0.645. The van der Waals surface area contributed by atoms with E-state index in [4.69, 9.17) is 9.47 Å². The van der Waals surface area contributed by atoms with Gasteiger partial charge in [-0.15, -0.1) is 0 Å². The molecule has 0 saturated carbocycles. The Hall–Kier alpha value is -1.17. The first-order valence-electron chi connectivity index (χ1n) is 6.66. The van der Waals surface area contributed by atoms with Gasteiger partial charge in [0.1, 0.15) is 5.82 Å². The van der Waals surface area contributed by atoms with Crippen molar-refractivity contribution in [1.82, 2.24) is 4.98 Å². The topological polar surface area (TPSA) is 43.4 Å². The van der Waals surface area contributed by atoms with Gasteiger partial charge >= 0.3 is 0 Å². The van der Waals surface area contributed by atoms with E-state index in [0.29, 0.717) is 13.2 Å². The third kappa shape index (κ3) is 4.16. The molecule has 0 unspecified atom stereocenters. The van der Waals surface area contributed by atoms with Gasteiger partial charge in [0.2, 0.25) is 0 Å². The number of nitrogens with one attached hydrogen (secondary N) is 1. The largest absolute Gasteiger partial charge is 0.382 e. The zero-order valence-corrected chi connectivity index (χ0v) is 13.1. The first-order valence-corrected chi connectivity index (χ1v) is 7.46. The number of methoxy groups -OCH3 is 1. The molecule has 1 aromatic heterocycles. The van der Waals surface area contributed by atoms with Crippen molar-refractivity contribution in [2.75, 3.05) is 38.8 Å². The maximum absolute atomic E-state index is 5.43. The van der Waals surface area contributed by atoms with Crippen molar-refractivity contribution in [3.63, 3.8) is 0 Å². The normalized spacial score (nSPS) is 10.9. The Balaban J connectivity index is 1.86. The molecule has 20 heavy (non-hydrogen) atoms. The number of hydrogen-bond donors (Lipinski definition) is 1. The fraction of sp³-hybridized carbons (Fsp3) is 0.400. The summed E-state index contributed by atoms with van der Waals surface area (Å²) in [4.78, 5) is 4.40. The zero-order valence-electron chi connectivity index (χ0n) is 11.6. The molecule has 0 aliphatic heterocycles. The number of hydrogen-bond acceptors (Lipinski definition) is 4. The lowest BCUT2D eigenvalue weighted by molar-refractivity contribution is 0.0705. The zero-order chi connectivity index (χ0) is 14.2. The fourth-order valence-corrected chi connectivity index (χ4v) is 2.43. The minimum atomic E-state index is 0.645. The van der Waals surface area contributed by atoms with Crippen LogP contribution in [0, 0.1) is 0 Å². The van der Waals surface area contributed by atoms with Crippen LogP contribution in [0.5, 0.6) is 0 Å². The number of aromatic nitrogens is 1. The summed E-state index contributed by atoms with van der Waals surface area (Å²) in [5.41, 5.74) is 0. The molecule has 108 valence electrons. The highest BCUT2D eigenvalue weighted by Gasteiger charge is 2.03. The lowest BCUT2D eigenvalue weighted by Crippen LogP contribution is -2.09. The number of halogens is 1. The van der Waals surface area contributed by atoms with Crippen molar-refractivity contribution in [1.29, 1.82) is 0 Å². The van der Waals surface area contributed by atoms with E-state index in [1.807, 2.05) is 24.4 Å². The van der Waals surface area contributed by atoms with Crippen LogP contribution < -0.4 is 5.32 Å². The molecule has 0 fully saturated rings. The molecule has 1 heterocycles. The molecule has 0 atom stereocenters. The molecule has 2 aromatic rings. The maximum Gasteiger partial charge on any atom is 0.133 e. The first-order chi connectivity index (χ1) is 9.83. The number of benzene rings is 1. The van der Waals surface area contributed by atoms with Gasteiger partial charge in [0, 0.05) is 41.7 Å². The van der Waals surface area contributed by atoms with E-state index in [2.05, 4.69) is 32.3 Å². The monoisotopic (exact) mass is 338 g/mol. The van der Waals surface area contributed by atoms with Crippen LogP contribution in [-0.2, 0) is 9.47 Å². The van der Waals surface area contributed by atoms with Crippen LogP contribution in [0.15, 0.2) is 34.9 Å². The molecule has 0 amide bonds.